The van der Waals surface area contributed by atoms with Gasteiger partial charge in [-0.1, -0.05) is 0 Å². The van der Waals surface area contributed by atoms with Crippen LogP contribution in [0.4, 0.5) is 5.95 Å². The Balaban J connectivity index is 2.20. The van der Waals surface area contributed by atoms with E-state index in [1.807, 2.05) is 11.0 Å². The molecule has 2 N–H and O–H groups in total. The highest BCUT2D eigenvalue weighted by Gasteiger charge is 2.21. The summed E-state index contributed by atoms with van der Waals surface area (Å²) >= 11 is 0. The largest absolute Gasteiger partial charge is 0.339 e. The molecule has 5 nitrogen and oxygen atoms in total. The molecule has 1 aliphatic heterocycles. The van der Waals surface area contributed by atoms with Crippen LogP contribution in [0.1, 0.15) is 12.1 Å². The quantitative estimate of drug-likeness (QED) is 0.666. The van der Waals surface area contributed by atoms with Gasteiger partial charge in [-0.2, -0.15) is 5.26 Å². The number of nitrogens with zero attached hydrogens (tertiary/aromatic N) is 4. The van der Waals surface area contributed by atoms with Gasteiger partial charge in [-0.3, -0.25) is 0 Å². The molecule has 1 fully saturated rings. The standard InChI is InChI=1S/C9H11N5/c10-5-8-1-3-12-9(13-8)14-4-2-7(11)6-14/h1,3,7H,2,4,6,11H2. The van der Waals surface area contributed by atoms with E-state index in [1.54, 1.807) is 12.3 Å². The first-order valence-electron chi connectivity index (χ1n) is 4.53. The molecule has 1 atom stereocenters. The first kappa shape index (κ1) is 8.91. The minimum atomic E-state index is 0.198. The molecule has 72 valence electrons. The number of nitriles is 1. The fourth-order valence-electron chi connectivity index (χ4n) is 1.53. The Morgan fingerprint density at radius 2 is 2.50 bits per heavy atom. The summed E-state index contributed by atoms with van der Waals surface area (Å²) < 4.78 is 0. The molecule has 0 radical (unpaired) electrons. The molecule has 1 saturated heterocycles. The summed E-state index contributed by atoms with van der Waals surface area (Å²) in [5, 5.41) is 8.67. The molecule has 0 bridgehead atoms. The van der Waals surface area contributed by atoms with Crippen LogP contribution in [-0.2, 0) is 0 Å². The van der Waals surface area contributed by atoms with Crippen LogP contribution in [0.2, 0.25) is 0 Å². The lowest BCUT2D eigenvalue weighted by Crippen LogP contribution is -2.27. The van der Waals surface area contributed by atoms with Crippen LogP contribution in [0.15, 0.2) is 12.3 Å². The molecule has 0 aliphatic carbocycles. The SMILES string of the molecule is N#Cc1ccnc(N2CCC(N)C2)n1. The van der Waals surface area contributed by atoms with E-state index < -0.39 is 0 Å². The van der Waals surface area contributed by atoms with Gasteiger partial charge in [0.1, 0.15) is 11.8 Å². The van der Waals surface area contributed by atoms with Gasteiger partial charge in [-0.15, -0.1) is 0 Å². The fourth-order valence-corrected chi connectivity index (χ4v) is 1.53. The number of hydrogen-bond acceptors (Lipinski definition) is 5. The van der Waals surface area contributed by atoms with Crippen molar-refractivity contribution < 1.29 is 0 Å². The van der Waals surface area contributed by atoms with E-state index in [9.17, 15) is 0 Å². The Bertz CT molecular complexity index is 370. The summed E-state index contributed by atoms with van der Waals surface area (Å²) in [7, 11) is 0. The molecular formula is C9H11N5. The molecule has 2 rings (SSSR count). The van der Waals surface area contributed by atoms with Gasteiger partial charge in [-0.25, -0.2) is 9.97 Å². The second-order valence-electron chi connectivity index (χ2n) is 3.35. The number of rotatable bonds is 1. The van der Waals surface area contributed by atoms with E-state index in [2.05, 4.69) is 9.97 Å². The van der Waals surface area contributed by atoms with Crippen LogP contribution < -0.4 is 10.6 Å². The molecule has 1 unspecified atom stereocenters. The molecule has 1 aromatic rings. The summed E-state index contributed by atoms with van der Waals surface area (Å²) in [5.74, 6) is 0.608. The van der Waals surface area contributed by atoms with Gasteiger partial charge in [0.15, 0.2) is 0 Å². The van der Waals surface area contributed by atoms with E-state index in [4.69, 9.17) is 11.0 Å². The number of hydrogen-bond donors (Lipinski definition) is 1. The lowest BCUT2D eigenvalue weighted by molar-refractivity contribution is 0.750. The van der Waals surface area contributed by atoms with Gasteiger partial charge in [0.05, 0.1) is 0 Å². The van der Waals surface area contributed by atoms with E-state index in [1.165, 1.54) is 0 Å². The minimum Gasteiger partial charge on any atom is -0.339 e. The lowest BCUT2D eigenvalue weighted by atomic mass is 10.3. The van der Waals surface area contributed by atoms with Crippen molar-refractivity contribution >= 4 is 5.95 Å². The topological polar surface area (TPSA) is 78.8 Å². The van der Waals surface area contributed by atoms with Crippen LogP contribution in [0.5, 0.6) is 0 Å². The molecule has 2 heterocycles. The van der Waals surface area contributed by atoms with Crippen LogP contribution in [0, 0.1) is 11.3 Å². The summed E-state index contributed by atoms with van der Waals surface area (Å²) in [5.41, 5.74) is 6.17. The molecule has 1 aliphatic rings. The van der Waals surface area contributed by atoms with E-state index in [-0.39, 0.29) is 6.04 Å². The Morgan fingerprint density at radius 1 is 1.64 bits per heavy atom. The van der Waals surface area contributed by atoms with Gasteiger partial charge in [0.25, 0.3) is 0 Å². The Labute approximate surface area is 82.2 Å². The van der Waals surface area contributed by atoms with Crippen LogP contribution in [0.3, 0.4) is 0 Å². The van der Waals surface area contributed by atoms with E-state index in [0.717, 1.165) is 19.5 Å². The third-order valence-corrected chi connectivity index (χ3v) is 2.26. The van der Waals surface area contributed by atoms with Gasteiger partial charge in [-0.05, 0) is 12.5 Å². The van der Waals surface area contributed by atoms with Crippen molar-refractivity contribution in [3.8, 4) is 6.07 Å². The first-order valence-corrected chi connectivity index (χ1v) is 4.53. The predicted molar refractivity (Wildman–Crippen MR) is 51.6 cm³/mol. The zero-order valence-corrected chi connectivity index (χ0v) is 7.72. The number of nitrogens with two attached hydrogens (primary N) is 1. The lowest BCUT2D eigenvalue weighted by Gasteiger charge is -2.14. The first-order chi connectivity index (χ1) is 6.79. The summed E-state index contributed by atoms with van der Waals surface area (Å²) in [6, 6.07) is 3.79. The zero-order valence-electron chi connectivity index (χ0n) is 7.72. The molecule has 0 amide bonds. The van der Waals surface area contributed by atoms with Gasteiger partial charge < -0.3 is 10.6 Å². The molecule has 0 aromatic carbocycles. The minimum absolute atomic E-state index is 0.198. The van der Waals surface area contributed by atoms with Crippen LogP contribution >= 0.6 is 0 Å². The maximum Gasteiger partial charge on any atom is 0.226 e. The van der Waals surface area contributed by atoms with Crippen LogP contribution in [-0.4, -0.2) is 29.1 Å². The molecule has 14 heavy (non-hydrogen) atoms. The van der Waals surface area contributed by atoms with Crippen molar-refractivity contribution in [1.82, 2.24) is 9.97 Å². The molecule has 0 spiro atoms. The van der Waals surface area contributed by atoms with Gasteiger partial charge >= 0.3 is 0 Å². The number of aromatic nitrogens is 2. The third kappa shape index (κ3) is 1.65. The van der Waals surface area contributed by atoms with Gasteiger partial charge in [0.2, 0.25) is 5.95 Å². The van der Waals surface area contributed by atoms with Crippen molar-refractivity contribution in [2.45, 2.75) is 12.5 Å². The molecule has 5 heteroatoms. The maximum atomic E-state index is 8.67. The molecule has 0 saturated carbocycles. The maximum absolute atomic E-state index is 8.67. The summed E-state index contributed by atoms with van der Waals surface area (Å²) in [6.45, 7) is 1.64. The average molecular weight is 189 g/mol. The molecule has 1 aromatic heterocycles. The van der Waals surface area contributed by atoms with E-state index >= 15 is 0 Å². The predicted octanol–water partition coefficient (Wildman–Crippen LogP) is -0.114. The zero-order chi connectivity index (χ0) is 9.97. The second-order valence-corrected chi connectivity index (χ2v) is 3.35. The highest BCUT2D eigenvalue weighted by atomic mass is 15.3. The van der Waals surface area contributed by atoms with Crippen molar-refractivity contribution in [3.05, 3.63) is 18.0 Å². The summed E-state index contributed by atoms with van der Waals surface area (Å²) in [6.07, 6.45) is 2.56. The van der Waals surface area contributed by atoms with Crippen LogP contribution in [0.25, 0.3) is 0 Å². The Hall–Kier alpha value is -1.67. The Morgan fingerprint density at radius 3 is 3.14 bits per heavy atom. The molecular weight excluding hydrogens is 178 g/mol. The average Bonchev–Trinajstić information content (AvgIpc) is 2.65. The van der Waals surface area contributed by atoms with Crippen molar-refractivity contribution in [2.75, 3.05) is 18.0 Å². The number of anilines is 1. The second kappa shape index (κ2) is 3.60. The van der Waals surface area contributed by atoms with Gasteiger partial charge in [0, 0.05) is 25.3 Å². The highest BCUT2D eigenvalue weighted by Crippen LogP contribution is 2.14. The van der Waals surface area contributed by atoms with Crippen molar-refractivity contribution in [3.63, 3.8) is 0 Å². The summed E-state index contributed by atoms with van der Waals surface area (Å²) in [4.78, 5) is 10.2. The monoisotopic (exact) mass is 189 g/mol. The Kier molecular flexibility index (Phi) is 2.29. The van der Waals surface area contributed by atoms with E-state index in [0.29, 0.717) is 11.6 Å². The van der Waals surface area contributed by atoms with Crippen molar-refractivity contribution in [2.24, 2.45) is 5.73 Å². The fraction of sp³-hybridized carbons (Fsp3) is 0.444. The van der Waals surface area contributed by atoms with Crippen molar-refractivity contribution in [1.29, 1.82) is 5.26 Å². The normalized spacial score (nSPS) is 20.9. The smallest absolute Gasteiger partial charge is 0.226 e. The third-order valence-electron chi connectivity index (χ3n) is 2.26. The highest BCUT2D eigenvalue weighted by molar-refractivity contribution is 5.35.